The summed E-state index contributed by atoms with van der Waals surface area (Å²) < 4.78 is 0. The van der Waals surface area contributed by atoms with E-state index in [2.05, 4.69) is 56.0 Å². The molecule has 0 fully saturated rings. The highest BCUT2D eigenvalue weighted by Gasteiger charge is 2.26. The molecule has 1 aliphatic rings. The van der Waals surface area contributed by atoms with Crippen LogP contribution in [0.5, 0.6) is 5.75 Å². The average molecular weight is 506 g/mol. The predicted molar refractivity (Wildman–Crippen MR) is 152 cm³/mol. The number of rotatable bonds is 11. The van der Waals surface area contributed by atoms with E-state index < -0.39 is 0 Å². The Morgan fingerprint density at radius 3 is 2.46 bits per heavy atom. The van der Waals surface area contributed by atoms with Gasteiger partial charge in [-0.1, -0.05) is 62.3 Å². The minimum atomic E-state index is -0.307. The molecule has 37 heavy (non-hydrogen) atoms. The summed E-state index contributed by atoms with van der Waals surface area (Å²) in [5.41, 5.74) is 11.2. The number of aromatic hydroxyl groups is 1. The van der Waals surface area contributed by atoms with Gasteiger partial charge in [0.15, 0.2) is 0 Å². The van der Waals surface area contributed by atoms with Crippen molar-refractivity contribution in [3.63, 3.8) is 0 Å². The van der Waals surface area contributed by atoms with Crippen molar-refractivity contribution in [1.29, 1.82) is 0 Å². The molecule has 0 saturated heterocycles. The zero-order valence-corrected chi connectivity index (χ0v) is 23.2. The fraction of sp³-hybridized carbons (Fsp3) is 0.419. The van der Waals surface area contributed by atoms with Gasteiger partial charge in [-0.25, -0.2) is 5.43 Å². The quantitative estimate of drug-likeness (QED) is 0.167. The van der Waals surface area contributed by atoms with Crippen LogP contribution in [-0.2, 0) is 4.79 Å². The number of nitrogens with one attached hydrogen (secondary N) is 3. The molecule has 6 heteroatoms. The number of hydrazine groups is 1. The number of allylic oxidation sites excluding steroid dienone is 9. The molecule has 0 aliphatic heterocycles. The number of phenolic OH excluding ortho intramolecular Hbond substituents is 1. The molecular weight excluding hydrogens is 462 g/mol. The molecule has 0 heterocycles. The van der Waals surface area contributed by atoms with Crippen molar-refractivity contribution in [2.75, 3.05) is 6.54 Å². The Hall–Kier alpha value is -3.38. The van der Waals surface area contributed by atoms with Crippen molar-refractivity contribution in [2.24, 2.45) is 5.41 Å². The smallest absolute Gasteiger partial charge is 0.265 e. The van der Waals surface area contributed by atoms with E-state index in [-0.39, 0.29) is 29.0 Å². The minimum absolute atomic E-state index is 0.103. The second-order valence-corrected chi connectivity index (χ2v) is 10.4. The molecule has 0 bridgehead atoms. The van der Waals surface area contributed by atoms with E-state index in [4.69, 9.17) is 0 Å². The fourth-order valence-electron chi connectivity index (χ4n) is 4.31. The molecular formula is C31H43N3O3. The number of carbonyl (C=O) groups is 2. The summed E-state index contributed by atoms with van der Waals surface area (Å²) in [7, 11) is 0. The van der Waals surface area contributed by atoms with Gasteiger partial charge in [-0.05, 0) is 87.3 Å². The van der Waals surface area contributed by atoms with Gasteiger partial charge >= 0.3 is 0 Å². The van der Waals surface area contributed by atoms with Gasteiger partial charge in [0, 0.05) is 24.2 Å². The van der Waals surface area contributed by atoms with Crippen LogP contribution in [0.25, 0.3) is 0 Å². The van der Waals surface area contributed by atoms with Crippen molar-refractivity contribution in [2.45, 2.75) is 73.3 Å². The second-order valence-electron chi connectivity index (χ2n) is 10.4. The van der Waals surface area contributed by atoms with Gasteiger partial charge in [-0.3, -0.25) is 15.0 Å². The van der Waals surface area contributed by atoms with Gasteiger partial charge in [0.05, 0.1) is 0 Å². The molecule has 0 aromatic heterocycles. The van der Waals surface area contributed by atoms with Gasteiger partial charge in [0.25, 0.3) is 5.91 Å². The lowest BCUT2D eigenvalue weighted by atomic mass is 9.72. The monoisotopic (exact) mass is 505 g/mol. The third-order valence-electron chi connectivity index (χ3n) is 6.67. The summed E-state index contributed by atoms with van der Waals surface area (Å²) in [6, 6.07) is 5.87. The Balaban J connectivity index is 1.82. The topological polar surface area (TPSA) is 90.5 Å². The van der Waals surface area contributed by atoms with Crippen LogP contribution in [0.4, 0.5) is 0 Å². The molecule has 1 aromatic rings. The van der Waals surface area contributed by atoms with Crippen LogP contribution in [-0.4, -0.2) is 29.5 Å². The molecule has 1 atom stereocenters. The lowest BCUT2D eigenvalue weighted by molar-refractivity contribution is -0.116. The van der Waals surface area contributed by atoms with Gasteiger partial charge in [0.1, 0.15) is 5.75 Å². The van der Waals surface area contributed by atoms with Crippen LogP contribution >= 0.6 is 0 Å². The molecule has 2 rings (SSSR count). The lowest BCUT2D eigenvalue weighted by Crippen LogP contribution is -2.49. The van der Waals surface area contributed by atoms with Crippen molar-refractivity contribution in [1.82, 2.24) is 16.2 Å². The Labute approximate surface area is 222 Å². The molecule has 4 N–H and O–H groups in total. The maximum absolute atomic E-state index is 12.3. The largest absolute Gasteiger partial charge is 0.508 e. The standard InChI is InChI=1S/C31H43N3O3/c1-7-26(33-34-30(37)25-14-16-27(35)17-15-25)21-32-29(36)20-23(3)11-8-10-22(2)13-18-28-24(4)12-9-19-31(28,5)6/h8,10-11,13-18,20,26,33,35H,7,9,12,19,21H2,1-6H3,(H,32,36)(H,34,37)/b11-8+,18-13+,22-10+,23-20+. The summed E-state index contributed by atoms with van der Waals surface area (Å²) in [5.74, 6) is -0.389. The Morgan fingerprint density at radius 2 is 1.81 bits per heavy atom. The van der Waals surface area contributed by atoms with Crippen molar-refractivity contribution in [3.8, 4) is 5.75 Å². The Morgan fingerprint density at radius 1 is 1.11 bits per heavy atom. The summed E-state index contributed by atoms with van der Waals surface area (Å²) in [6.07, 6.45) is 16.3. The minimum Gasteiger partial charge on any atom is -0.508 e. The van der Waals surface area contributed by atoms with E-state index in [0.29, 0.717) is 18.5 Å². The highest BCUT2D eigenvalue weighted by atomic mass is 16.3. The molecule has 200 valence electrons. The van der Waals surface area contributed by atoms with E-state index in [1.54, 1.807) is 18.2 Å². The molecule has 0 saturated carbocycles. The SMILES string of the molecule is CCC(CNC(=O)/C=C(C)/C=C/C=C(C)/C=C/C1=C(C)CCCC1(C)C)NNC(=O)c1ccc(O)cc1. The zero-order chi connectivity index (χ0) is 27.4. The Kier molecular flexibility index (Phi) is 11.6. The van der Waals surface area contributed by atoms with Gasteiger partial charge in [0.2, 0.25) is 5.91 Å². The Bertz CT molecular complexity index is 1090. The maximum atomic E-state index is 12.3. The van der Waals surface area contributed by atoms with E-state index in [0.717, 1.165) is 11.1 Å². The molecule has 2 amide bonds. The first kappa shape index (κ1) is 29.8. The summed E-state index contributed by atoms with van der Waals surface area (Å²) in [5, 5.41) is 12.2. The van der Waals surface area contributed by atoms with Gasteiger partial charge in [-0.2, -0.15) is 0 Å². The first-order chi connectivity index (χ1) is 17.5. The third kappa shape index (κ3) is 10.3. The van der Waals surface area contributed by atoms with Crippen LogP contribution in [0.15, 0.2) is 83.0 Å². The maximum Gasteiger partial charge on any atom is 0.265 e. The summed E-state index contributed by atoms with van der Waals surface area (Å²) in [4.78, 5) is 24.5. The van der Waals surface area contributed by atoms with Crippen molar-refractivity contribution < 1.29 is 14.7 Å². The number of amides is 2. The van der Waals surface area contributed by atoms with E-state index >= 15 is 0 Å². The third-order valence-corrected chi connectivity index (χ3v) is 6.67. The molecule has 1 unspecified atom stereocenters. The highest BCUT2D eigenvalue weighted by Crippen LogP contribution is 2.40. The average Bonchev–Trinajstić information content (AvgIpc) is 2.83. The van der Waals surface area contributed by atoms with Gasteiger partial charge in [-0.15, -0.1) is 0 Å². The van der Waals surface area contributed by atoms with Crippen molar-refractivity contribution in [3.05, 3.63) is 88.6 Å². The number of carbonyl (C=O) groups excluding carboxylic acids is 2. The van der Waals surface area contributed by atoms with Crippen LogP contribution in [0.3, 0.4) is 0 Å². The van der Waals surface area contributed by atoms with Crippen LogP contribution in [0.2, 0.25) is 0 Å². The fourth-order valence-corrected chi connectivity index (χ4v) is 4.31. The van der Waals surface area contributed by atoms with Crippen LogP contribution in [0.1, 0.15) is 77.6 Å². The molecule has 0 radical (unpaired) electrons. The van der Waals surface area contributed by atoms with Crippen LogP contribution in [0, 0.1) is 5.41 Å². The first-order valence-corrected chi connectivity index (χ1v) is 13.1. The number of phenols is 1. The van der Waals surface area contributed by atoms with E-state index in [1.165, 1.54) is 42.5 Å². The second kappa shape index (κ2) is 14.4. The summed E-state index contributed by atoms with van der Waals surface area (Å²) >= 11 is 0. The first-order valence-electron chi connectivity index (χ1n) is 13.1. The summed E-state index contributed by atoms with van der Waals surface area (Å²) in [6.45, 7) is 13.2. The number of hydrogen-bond acceptors (Lipinski definition) is 4. The lowest BCUT2D eigenvalue weighted by Gasteiger charge is -2.32. The van der Waals surface area contributed by atoms with E-state index in [1.807, 2.05) is 32.1 Å². The highest BCUT2D eigenvalue weighted by molar-refractivity contribution is 5.94. The molecule has 1 aromatic carbocycles. The van der Waals surface area contributed by atoms with Crippen LogP contribution < -0.4 is 16.2 Å². The predicted octanol–water partition coefficient (Wildman–Crippen LogP) is 6.05. The zero-order valence-electron chi connectivity index (χ0n) is 23.2. The number of benzene rings is 1. The molecule has 1 aliphatic carbocycles. The van der Waals surface area contributed by atoms with Gasteiger partial charge < -0.3 is 10.4 Å². The molecule has 6 nitrogen and oxygen atoms in total. The normalized spacial score (nSPS) is 17.4. The molecule has 0 spiro atoms. The van der Waals surface area contributed by atoms with Crippen molar-refractivity contribution >= 4 is 11.8 Å². The van der Waals surface area contributed by atoms with E-state index in [9.17, 15) is 14.7 Å². The number of hydrogen-bond donors (Lipinski definition) is 4.